The number of hydrogen-bond acceptors (Lipinski definition) is 2. The van der Waals surface area contributed by atoms with Gasteiger partial charge in [-0.05, 0) is 12.8 Å². The number of halogens is 3. The van der Waals surface area contributed by atoms with Crippen LogP contribution in [0, 0.1) is 5.92 Å². The molecular formula is C7H13F3N2O2S. The molecule has 0 radical (unpaired) electrons. The highest BCUT2D eigenvalue weighted by molar-refractivity contribution is 7.87. The van der Waals surface area contributed by atoms with Crippen molar-refractivity contribution in [2.75, 3.05) is 20.1 Å². The average Bonchev–Trinajstić information content (AvgIpc) is 2.17. The van der Waals surface area contributed by atoms with E-state index in [0.29, 0.717) is 0 Å². The van der Waals surface area contributed by atoms with Crippen LogP contribution in [0.25, 0.3) is 0 Å². The van der Waals surface area contributed by atoms with Gasteiger partial charge in [-0.15, -0.1) is 0 Å². The minimum atomic E-state index is -4.21. The third kappa shape index (κ3) is 3.05. The summed E-state index contributed by atoms with van der Waals surface area (Å²) in [4.78, 5) is 0. The van der Waals surface area contributed by atoms with E-state index in [2.05, 4.69) is 4.72 Å². The number of alkyl halides is 3. The van der Waals surface area contributed by atoms with Crippen molar-refractivity contribution in [3.05, 3.63) is 0 Å². The third-order valence-electron chi connectivity index (χ3n) is 2.51. The zero-order valence-corrected chi connectivity index (χ0v) is 9.03. The molecule has 1 aliphatic rings. The van der Waals surface area contributed by atoms with Crippen molar-refractivity contribution < 1.29 is 21.6 Å². The van der Waals surface area contributed by atoms with Gasteiger partial charge in [-0.2, -0.15) is 25.9 Å². The van der Waals surface area contributed by atoms with Gasteiger partial charge in [0.1, 0.15) is 0 Å². The van der Waals surface area contributed by atoms with E-state index in [0.717, 1.165) is 4.31 Å². The molecule has 1 heterocycles. The Labute approximate surface area is 86.6 Å². The van der Waals surface area contributed by atoms with Gasteiger partial charge in [0.25, 0.3) is 10.2 Å². The molecule has 0 amide bonds. The van der Waals surface area contributed by atoms with E-state index in [-0.39, 0.29) is 25.9 Å². The lowest BCUT2D eigenvalue weighted by Gasteiger charge is -2.31. The van der Waals surface area contributed by atoms with E-state index in [4.69, 9.17) is 0 Å². The standard InChI is InChI=1S/C7H13F3N2O2S/c1-11-15(13,14)12-4-2-6(3-5-12)7(8,9)10/h6,11H,2-5H2,1H3. The molecular weight excluding hydrogens is 233 g/mol. The molecule has 0 unspecified atom stereocenters. The maximum Gasteiger partial charge on any atom is 0.391 e. The largest absolute Gasteiger partial charge is 0.391 e. The molecule has 1 fully saturated rings. The molecule has 0 atom stereocenters. The first-order valence-corrected chi connectivity index (χ1v) is 5.96. The van der Waals surface area contributed by atoms with Crippen LogP contribution in [0.4, 0.5) is 13.2 Å². The quantitative estimate of drug-likeness (QED) is 0.780. The van der Waals surface area contributed by atoms with Crippen LogP contribution in [0.3, 0.4) is 0 Å². The minimum absolute atomic E-state index is 0.0760. The summed E-state index contributed by atoms with van der Waals surface area (Å²) in [7, 11) is -2.33. The highest BCUT2D eigenvalue weighted by Gasteiger charge is 2.42. The summed E-state index contributed by atoms with van der Waals surface area (Å²) in [6.07, 6.45) is -4.54. The van der Waals surface area contributed by atoms with Crippen molar-refractivity contribution >= 4 is 10.2 Å². The van der Waals surface area contributed by atoms with Gasteiger partial charge < -0.3 is 0 Å². The van der Waals surface area contributed by atoms with Gasteiger partial charge in [-0.1, -0.05) is 0 Å². The van der Waals surface area contributed by atoms with Gasteiger partial charge in [-0.25, -0.2) is 4.72 Å². The molecule has 15 heavy (non-hydrogen) atoms. The lowest BCUT2D eigenvalue weighted by Crippen LogP contribution is -2.45. The molecule has 1 aliphatic heterocycles. The second-order valence-corrected chi connectivity index (χ2v) is 5.30. The van der Waals surface area contributed by atoms with Crippen LogP contribution in [0.1, 0.15) is 12.8 Å². The van der Waals surface area contributed by atoms with Crippen LogP contribution < -0.4 is 4.72 Å². The lowest BCUT2D eigenvalue weighted by molar-refractivity contribution is -0.182. The van der Waals surface area contributed by atoms with E-state index in [1.165, 1.54) is 7.05 Å². The maximum atomic E-state index is 12.3. The van der Waals surface area contributed by atoms with Crippen molar-refractivity contribution in [2.45, 2.75) is 19.0 Å². The molecule has 0 aromatic heterocycles. The SMILES string of the molecule is CNS(=O)(=O)N1CCC(C(F)(F)F)CC1. The molecule has 0 bridgehead atoms. The molecule has 8 heteroatoms. The lowest BCUT2D eigenvalue weighted by atomic mass is 9.98. The molecule has 90 valence electrons. The van der Waals surface area contributed by atoms with E-state index in [9.17, 15) is 21.6 Å². The van der Waals surface area contributed by atoms with Gasteiger partial charge in [0.15, 0.2) is 0 Å². The smallest absolute Gasteiger partial charge is 0.205 e. The second-order valence-electron chi connectivity index (χ2n) is 3.42. The van der Waals surface area contributed by atoms with E-state index >= 15 is 0 Å². The third-order valence-corrected chi connectivity index (χ3v) is 4.08. The summed E-state index contributed by atoms with van der Waals surface area (Å²) in [6, 6.07) is 0. The van der Waals surface area contributed by atoms with Crippen LogP contribution in [0.15, 0.2) is 0 Å². The molecule has 0 aromatic rings. The predicted molar refractivity (Wildman–Crippen MR) is 48.3 cm³/mol. The Morgan fingerprint density at radius 1 is 1.27 bits per heavy atom. The number of nitrogens with zero attached hydrogens (tertiary/aromatic N) is 1. The van der Waals surface area contributed by atoms with Crippen molar-refractivity contribution in [2.24, 2.45) is 5.92 Å². The van der Waals surface area contributed by atoms with Crippen LogP contribution in [-0.4, -0.2) is 39.0 Å². The zero-order valence-electron chi connectivity index (χ0n) is 8.21. The molecule has 0 aliphatic carbocycles. The van der Waals surface area contributed by atoms with Gasteiger partial charge in [0.05, 0.1) is 5.92 Å². The molecule has 0 saturated carbocycles. The van der Waals surface area contributed by atoms with Crippen LogP contribution in [0.5, 0.6) is 0 Å². The van der Waals surface area contributed by atoms with Gasteiger partial charge in [-0.3, -0.25) is 0 Å². The summed E-state index contributed by atoms with van der Waals surface area (Å²) in [5, 5.41) is 0. The molecule has 0 aromatic carbocycles. The summed E-state index contributed by atoms with van der Waals surface area (Å²) >= 11 is 0. The molecule has 4 nitrogen and oxygen atoms in total. The number of rotatable bonds is 2. The number of hydrogen-bond donors (Lipinski definition) is 1. The maximum absolute atomic E-state index is 12.3. The van der Waals surface area contributed by atoms with Crippen LogP contribution in [-0.2, 0) is 10.2 Å². The fourth-order valence-electron chi connectivity index (χ4n) is 1.55. The Hall–Kier alpha value is -0.340. The van der Waals surface area contributed by atoms with E-state index in [1.807, 2.05) is 0 Å². The molecule has 1 rings (SSSR count). The highest BCUT2D eigenvalue weighted by Crippen LogP contribution is 2.34. The fraction of sp³-hybridized carbons (Fsp3) is 1.00. The van der Waals surface area contributed by atoms with Crippen molar-refractivity contribution in [1.82, 2.24) is 9.03 Å². The van der Waals surface area contributed by atoms with Crippen molar-refractivity contribution in [1.29, 1.82) is 0 Å². The summed E-state index contributed by atoms with van der Waals surface area (Å²) in [5.74, 6) is -1.37. The van der Waals surface area contributed by atoms with Crippen molar-refractivity contribution in [3.8, 4) is 0 Å². The Morgan fingerprint density at radius 2 is 1.73 bits per heavy atom. The Bertz CT molecular complexity index is 307. The van der Waals surface area contributed by atoms with Gasteiger partial charge >= 0.3 is 6.18 Å². The highest BCUT2D eigenvalue weighted by atomic mass is 32.2. The van der Waals surface area contributed by atoms with Gasteiger partial charge in [0.2, 0.25) is 0 Å². The average molecular weight is 246 g/mol. The first-order chi connectivity index (χ1) is 6.77. The van der Waals surface area contributed by atoms with Crippen LogP contribution >= 0.6 is 0 Å². The van der Waals surface area contributed by atoms with Crippen LogP contribution in [0.2, 0.25) is 0 Å². The zero-order chi connectivity index (χ0) is 11.7. The normalized spacial score (nSPS) is 21.9. The number of piperidine rings is 1. The second kappa shape index (κ2) is 4.26. The minimum Gasteiger partial charge on any atom is -0.205 e. The molecule has 1 saturated heterocycles. The topological polar surface area (TPSA) is 49.4 Å². The number of nitrogens with one attached hydrogen (secondary N) is 1. The summed E-state index contributed by atoms with van der Waals surface area (Å²) in [5.41, 5.74) is 0. The molecule has 1 N–H and O–H groups in total. The Balaban J connectivity index is 2.57. The van der Waals surface area contributed by atoms with E-state index < -0.39 is 22.3 Å². The van der Waals surface area contributed by atoms with Crippen molar-refractivity contribution in [3.63, 3.8) is 0 Å². The molecule has 0 spiro atoms. The first kappa shape index (κ1) is 12.7. The fourth-order valence-corrected chi connectivity index (χ4v) is 2.50. The monoisotopic (exact) mass is 246 g/mol. The summed E-state index contributed by atoms with van der Waals surface area (Å²) in [6.45, 7) is -0.152. The Kier molecular flexibility index (Phi) is 3.62. The van der Waals surface area contributed by atoms with E-state index in [1.54, 1.807) is 0 Å². The predicted octanol–water partition coefficient (Wildman–Crippen LogP) is 0.725. The van der Waals surface area contributed by atoms with Gasteiger partial charge in [0, 0.05) is 20.1 Å². The Morgan fingerprint density at radius 3 is 2.07 bits per heavy atom. The first-order valence-electron chi connectivity index (χ1n) is 4.52. The summed E-state index contributed by atoms with van der Waals surface area (Å²) < 4.78 is 62.4.